The lowest BCUT2D eigenvalue weighted by Gasteiger charge is -2.08. The lowest BCUT2D eigenvalue weighted by molar-refractivity contribution is 0.578. The molecule has 0 bridgehead atoms. The summed E-state index contributed by atoms with van der Waals surface area (Å²) in [5, 5.41) is 3.03. The van der Waals surface area contributed by atoms with Crippen molar-refractivity contribution in [2.75, 3.05) is 13.6 Å². The fourth-order valence-electron chi connectivity index (χ4n) is 1.03. The van der Waals surface area contributed by atoms with Crippen LogP contribution < -0.4 is 5.32 Å². The van der Waals surface area contributed by atoms with E-state index in [0.717, 1.165) is 13.0 Å². The monoisotopic (exact) mass is 171 g/mol. The molecule has 0 heterocycles. The molecule has 1 aliphatic rings. The summed E-state index contributed by atoms with van der Waals surface area (Å²) >= 11 is 0. The summed E-state index contributed by atoms with van der Waals surface area (Å²) in [5.74, 6) is -0.000136. The number of hydrogen-bond acceptors (Lipinski definition) is 1. The van der Waals surface area contributed by atoms with Crippen LogP contribution in [-0.2, 0) is 0 Å². The van der Waals surface area contributed by atoms with Crippen molar-refractivity contribution >= 4 is 0 Å². The number of hydrogen-bond donors (Lipinski definition) is 1. The topological polar surface area (TPSA) is 12.0 Å². The quantitative estimate of drug-likeness (QED) is 0.673. The van der Waals surface area contributed by atoms with Gasteiger partial charge in [0.05, 0.1) is 0 Å². The highest BCUT2D eigenvalue weighted by molar-refractivity contribution is 5.21. The van der Waals surface area contributed by atoms with Crippen molar-refractivity contribution in [1.29, 1.82) is 0 Å². The van der Waals surface area contributed by atoms with E-state index in [2.05, 4.69) is 5.32 Å². The van der Waals surface area contributed by atoms with Crippen molar-refractivity contribution in [3.05, 3.63) is 23.6 Å². The highest BCUT2D eigenvalue weighted by atomic mass is 19.1. The molecule has 0 unspecified atom stereocenters. The fraction of sp³-hybridized carbons (Fsp3) is 0.600. The first-order valence-electron chi connectivity index (χ1n) is 4.51. The third-order valence-electron chi connectivity index (χ3n) is 1.59. The predicted octanol–water partition coefficient (Wildman–Crippen LogP) is 2.81. The van der Waals surface area contributed by atoms with Gasteiger partial charge in [0.2, 0.25) is 0 Å². The van der Waals surface area contributed by atoms with E-state index >= 15 is 0 Å². The summed E-state index contributed by atoms with van der Waals surface area (Å²) in [5.41, 5.74) is 1.28. The van der Waals surface area contributed by atoms with Gasteiger partial charge in [0.25, 0.3) is 0 Å². The van der Waals surface area contributed by atoms with Gasteiger partial charge in [-0.2, -0.15) is 0 Å². The standard InChI is InChI=1S/C8H12FN.C2H6/c1-10-6-7-2-4-8(9)5-3-7;1-2/h2,4,10H,3,5-6H2,1H3;1-2H3. The predicted molar refractivity (Wildman–Crippen MR) is 51.8 cm³/mol. The molecule has 2 heteroatoms. The van der Waals surface area contributed by atoms with E-state index in [0.29, 0.717) is 6.42 Å². The summed E-state index contributed by atoms with van der Waals surface area (Å²) in [6, 6.07) is 0. The molecule has 0 aromatic heterocycles. The Hall–Kier alpha value is -0.630. The highest BCUT2D eigenvalue weighted by Crippen LogP contribution is 2.17. The van der Waals surface area contributed by atoms with Gasteiger partial charge >= 0.3 is 0 Å². The number of halogens is 1. The maximum atomic E-state index is 12.4. The van der Waals surface area contributed by atoms with E-state index in [1.165, 1.54) is 5.57 Å². The van der Waals surface area contributed by atoms with Gasteiger partial charge in [-0.3, -0.25) is 0 Å². The van der Waals surface area contributed by atoms with E-state index in [9.17, 15) is 4.39 Å². The Kier molecular flexibility index (Phi) is 6.67. The molecule has 0 aromatic rings. The molecule has 0 radical (unpaired) electrons. The third-order valence-corrected chi connectivity index (χ3v) is 1.59. The molecule has 1 rings (SSSR count). The number of likely N-dealkylation sites (N-methyl/N-ethyl adjacent to an activating group) is 1. The van der Waals surface area contributed by atoms with Gasteiger partial charge in [-0.1, -0.05) is 25.5 Å². The van der Waals surface area contributed by atoms with E-state index in [4.69, 9.17) is 0 Å². The summed E-state index contributed by atoms with van der Waals surface area (Å²) in [6.45, 7) is 4.88. The van der Waals surface area contributed by atoms with Crippen LogP contribution in [0.15, 0.2) is 23.6 Å². The molecule has 70 valence electrons. The molecule has 0 atom stereocenters. The second-order valence-corrected chi connectivity index (χ2v) is 2.47. The van der Waals surface area contributed by atoms with Crippen molar-refractivity contribution in [2.45, 2.75) is 26.7 Å². The summed E-state index contributed by atoms with van der Waals surface area (Å²) in [4.78, 5) is 0. The maximum absolute atomic E-state index is 12.4. The summed E-state index contributed by atoms with van der Waals surface area (Å²) < 4.78 is 12.4. The minimum atomic E-state index is -0.000136. The lowest BCUT2D eigenvalue weighted by Crippen LogP contribution is -2.11. The van der Waals surface area contributed by atoms with E-state index in [1.54, 1.807) is 6.08 Å². The fourth-order valence-corrected chi connectivity index (χ4v) is 1.03. The summed E-state index contributed by atoms with van der Waals surface area (Å²) in [7, 11) is 1.90. The molecule has 0 saturated heterocycles. The number of nitrogens with one attached hydrogen (secondary N) is 1. The van der Waals surface area contributed by atoms with Gasteiger partial charge < -0.3 is 5.32 Å². The zero-order valence-electron chi connectivity index (χ0n) is 8.15. The highest BCUT2D eigenvalue weighted by Gasteiger charge is 2.03. The van der Waals surface area contributed by atoms with Gasteiger partial charge in [-0.05, 0) is 19.5 Å². The molecule has 0 spiro atoms. The van der Waals surface area contributed by atoms with E-state index in [1.807, 2.05) is 27.0 Å². The smallest absolute Gasteiger partial charge is 0.100 e. The molecule has 1 aliphatic carbocycles. The Morgan fingerprint density at radius 2 is 2.00 bits per heavy atom. The van der Waals surface area contributed by atoms with Crippen molar-refractivity contribution < 1.29 is 4.39 Å². The zero-order valence-corrected chi connectivity index (χ0v) is 8.15. The van der Waals surface area contributed by atoms with Crippen LogP contribution in [0.3, 0.4) is 0 Å². The molecular weight excluding hydrogens is 153 g/mol. The second-order valence-electron chi connectivity index (χ2n) is 2.47. The van der Waals surface area contributed by atoms with E-state index in [-0.39, 0.29) is 5.83 Å². The minimum absolute atomic E-state index is 0.000136. The van der Waals surface area contributed by atoms with Crippen LogP contribution >= 0.6 is 0 Å². The molecule has 1 nitrogen and oxygen atoms in total. The van der Waals surface area contributed by atoms with Crippen LogP contribution in [0.5, 0.6) is 0 Å². The van der Waals surface area contributed by atoms with Gasteiger partial charge in [0.15, 0.2) is 0 Å². The first-order chi connectivity index (χ1) is 5.83. The Morgan fingerprint density at radius 3 is 2.42 bits per heavy atom. The maximum Gasteiger partial charge on any atom is 0.100 e. The zero-order chi connectivity index (χ0) is 9.40. The number of allylic oxidation sites excluding steroid dienone is 3. The molecule has 12 heavy (non-hydrogen) atoms. The SMILES string of the molecule is CC.CNCC1=CC=C(F)CC1. The molecule has 0 aromatic carbocycles. The Balaban J connectivity index is 0.000000561. The van der Waals surface area contributed by atoms with Crippen LogP contribution in [0.1, 0.15) is 26.7 Å². The van der Waals surface area contributed by atoms with Crippen molar-refractivity contribution in [2.24, 2.45) is 0 Å². The normalized spacial score (nSPS) is 15.7. The van der Waals surface area contributed by atoms with Gasteiger partial charge in [-0.25, -0.2) is 4.39 Å². The average Bonchev–Trinajstić information content (AvgIpc) is 2.13. The van der Waals surface area contributed by atoms with Crippen LogP contribution in [0, 0.1) is 0 Å². The molecule has 0 amide bonds. The van der Waals surface area contributed by atoms with Gasteiger partial charge in [-0.15, -0.1) is 0 Å². The first-order valence-corrected chi connectivity index (χ1v) is 4.51. The molecule has 1 N–H and O–H groups in total. The van der Waals surface area contributed by atoms with Crippen molar-refractivity contribution in [3.8, 4) is 0 Å². The van der Waals surface area contributed by atoms with Gasteiger partial charge in [0.1, 0.15) is 5.83 Å². The molecular formula is C10H18FN. The molecule has 0 fully saturated rings. The first kappa shape index (κ1) is 11.4. The Labute approximate surface area is 74.4 Å². The summed E-state index contributed by atoms with van der Waals surface area (Å²) in [6.07, 6.45) is 4.85. The average molecular weight is 171 g/mol. The molecule has 0 saturated carbocycles. The van der Waals surface area contributed by atoms with E-state index < -0.39 is 0 Å². The molecule has 0 aliphatic heterocycles. The van der Waals surface area contributed by atoms with Gasteiger partial charge in [0, 0.05) is 13.0 Å². The van der Waals surface area contributed by atoms with Crippen LogP contribution in [0.2, 0.25) is 0 Å². The Morgan fingerprint density at radius 1 is 1.33 bits per heavy atom. The van der Waals surface area contributed by atoms with Crippen LogP contribution in [0.25, 0.3) is 0 Å². The lowest BCUT2D eigenvalue weighted by atomic mass is 10.0. The largest absolute Gasteiger partial charge is 0.316 e. The van der Waals surface area contributed by atoms with Crippen molar-refractivity contribution in [3.63, 3.8) is 0 Å². The minimum Gasteiger partial charge on any atom is -0.316 e. The second kappa shape index (κ2) is 7.04. The van der Waals surface area contributed by atoms with Crippen LogP contribution in [-0.4, -0.2) is 13.6 Å². The van der Waals surface area contributed by atoms with Crippen molar-refractivity contribution in [1.82, 2.24) is 5.32 Å². The van der Waals surface area contributed by atoms with Crippen LogP contribution in [0.4, 0.5) is 4.39 Å². The Bertz CT molecular complexity index is 167. The number of rotatable bonds is 2. The third kappa shape index (κ3) is 4.29.